The van der Waals surface area contributed by atoms with Gasteiger partial charge in [0, 0.05) is 30.9 Å². The number of nitrogens with one attached hydrogen (secondary N) is 2. The predicted molar refractivity (Wildman–Crippen MR) is 146 cm³/mol. The molecule has 1 saturated heterocycles. The molecule has 2 aromatic carbocycles. The summed E-state index contributed by atoms with van der Waals surface area (Å²) >= 11 is 0. The Labute approximate surface area is 221 Å². The number of para-hydroxylation sites is 1. The van der Waals surface area contributed by atoms with Crippen LogP contribution in [-0.4, -0.2) is 50.7 Å². The van der Waals surface area contributed by atoms with E-state index in [1.807, 2.05) is 35.2 Å². The number of nitrogens with zero attached hydrogens (tertiary/aromatic N) is 3. The van der Waals surface area contributed by atoms with Gasteiger partial charge in [-0.15, -0.1) is 0 Å². The third kappa shape index (κ3) is 5.52. The number of amides is 1. The molecule has 1 fully saturated rings. The van der Waals surface area contributed by atoms with E-state index in [9.17, 15) is 9.59 Å². The molecule has 0 saturated carbocycles. The van der Waals surface area contributed by atoms with Gasteiger partial charge in [0.2, 0.25) is 0 Å². The summed E-state index contributed by atoms with van der Waals surface area (Å²) in [7, 11) is 0. The summed E-state index contributed by atoms with van der Waals surface area (Å²) in [6.07, 6.45) is 7.12. The molecule has 8 heteroatoms. The van der Waals surface area contributed by atoms with Crippen LogP contribution >= 0.6 is 0 Å². The molecule has 192 valence electrons. The molecule has 4 aromatic rings. The first-order valence-corrected chi connectivity index (χ1v) is 12.8. The van der Waals surface area contributed by atoms with Gasteiger partial charge in [0.05, 0.1) is 10.9 Å². The number of aromatic nitrogens is 3. The molecule has 0 bridgehead atoms. The quantitative estimate of drug-likeness (QED) is 0.264. The topological polar surface area (TPSA) is 100 Å². The largest absolute Gasteiger partial charge is 0.457 e. The van der Waals surface area contributed by atoms with Crippen molar-refractivity contribution < 1.29 is 14.3 Å². The van der Waals surface area contributed by atoms with E-state index >= 15 is 0 Å². The second-order valence-corrected chi connectivity index (χ2v) is 9.17. The summed E-state index contributed by atoms with van der Waals surface area (Å²) < 4.78 is 5.85. The lowest BCUT2D eigenvalue weighted by atomic mass is 10.0. The number of likely N-dealkylation sites (tertiary alicyclic amines) is 1. The minimum absolute atomic E-state index is 0.00822. The van der Waals surface area contributed by atoms with E-state index in [0.717, 1.165) is 31.4 Å². The van der Waals surface area contributed by atoms with Crippen LogP contribution in [-0.2, 0) is 4.79 Å². The van der Waals surface area contributed by atoms with Crippen LogP contribution in [0.4, 0.5) is 5.82 Å². The Balaban J connectivity index is 1.36. The van der Waals surface area contributed by atoms with Crippen LogP contribution in [0.25, 0.3) is 11.0 Å². The lowest BCUT2D eigenvalue weighted by Crippen LogP contribution is -2.43. The van der Waals surface area contributed by atoms with Gasteiger partial charge in [0.25, 0.3) is 5.91 Å². The number of carbonyl (C=O) groups is 2. The number of benzene rings is 2. The van der Waals surface area contributed by atoms with Gasteiger partial charge >= 0.3 is 0 Å². The van der Waals surface area contributed by atoms with Crippen molar-refractivity contribution in [3.05, 3.63) is 78.2 Å². The fourth-order valence-electron chi connectivity index (χ4n) is 4.78. The summed E-state index contributed by atoms with van der Waals surface area (Å²) in [5.41, 5.74) is 1.57. The van der Waals surface area contributed by atoms with Gasteiger partial charge in [0.15, 0.2) is 5.78 Å². The first-order valence-electron chi connectivity index (χ1n) is 12.8. The Morgan fingerprint density at radius 3 is 2.63 bits per heavy atom. The van der Waals surface area contributed by atoms with Crippen molar-refractivity contribution in [2.45, 2.75) is 38.6 Å². The Bertz CT molecular complexity index is 1490. The third-order valence-corrected chi connectivity index (χ3v) is 6.68. The third-order valence-electron chi connectivity index (χ3n) is 6.68. The Kier molecular flexibility index (Phi) is 7.65. The Hall–Kier alpha value is -4.64. The predicted octanol–water partition coefficient (Wildman–Crippen LogP) is 5.19. The molecule has 0 radical (unpaired) electrons. The summed E-state index contributed by atoms with van der Waals surface area (Å²) in [5.74, 6) is 7.04. The first kappa shape index (κ1) is 25.0. The smallest absolute Gasteiger partial charge is 0.298 e. The highest BCUT2D eigenvalue weighted by atomic mass is 16.5. The molecular weight excluding hydrogens is 478 g/mol. The minimum Gasteiger partial charge on any atom is -0.457 e. The van der Waals surface area contributed by atoms with Crippen molar-refractivity contribution in [2.75, 3.05) is 18.4 Å². The zero-order chi connectivity index (χ0) is 26.3. The number of carbonyl (C=O) groups excluding carboxylic acids is 2. The van der Waals surface area contributed by atoms with E-state index in [1.54, 1.807) is 37.4 Å². The van der Waals surface area contributed by atoms with Gasteiger partial charge in [-0.2, -0.15) is 0 Å². The van der Waals surface area contributed by atoms with Crippen LogP contribution in [0.1, 0.15) is 48.5 Å². The van der Waals surface area contributed by atoms with Crippen LogP contribution in [0.2, 0.25) is 0 Å². The normalized spacial score (nSPS) is 15.3. The van der Waals surface area contributed by atoms with Gasteiger partial charge in [-0.3, -0.25) is 9.59 Å². The summed E-state index contributed by atoms with van der Waals surface area (Å²) in [6.45, 7) is 2.87. The van der Waals surface area contributed by atoms with E-state index < -0.39 is 0 Å². The summed E-state index contributed by atoms with van der Waals surface area (Å²) in [4.78, 5) is 39.8. The highest BCUT2D eigenvalue weighted by molar-refractivity contribution is 6.18. The molecule has 1 unspecified atom stereocenters. The lowest BCUT2D eigenvalue weighted by molar-refractivity contribution is -0.127. The number of rotatable bonds is 7. The number of aromatic amines is 1. The molecule has 2 N–H and O–H groups in total. The number of ketones is 1. The molecule has 38 heavy (non-hydrogen) atoms. The van der Waals surface area contributed by atoms with Crippen molar-refractivity contribution in [1.82, 2.24) is 19.9 Å². The van der Waals surface area contributed by atoms with Gasteiger partial charge < -0.3 is 19.9 Å². The van der Waals surface area contributed by atoms with E-state index in [-0.39, 0.29) is 17.7 Å². The molecular formula is C30H29N5O3. The van der Waals surface area contributed by atoms with Crippen molar-refractivity contribution in [3.8, 4) is 23.3 Å². The molecule has 1 atom stereocenters. The molecule has 0 spiro atoms. The van der Waals surface area contributed by atoms with Crippen molar-refractivity contribution in [2.24, 2.45) is 0 Å². The van der Waals surface area contributed by atoms with Crippen LogP contribution in [0.3, 0.4) is 0 Å². The molecule has 1 amide bonds. The van der Waals surface area contributed by atoms with Gasteiger partial charge in [-0.25, -0.2) is 9.97 Å². The summed E-state index contributed by atoms with van der Waals surface area (Å²) in [5, 5.41) is 4.02. The molecule has 2 aromatic heterocycles. The van der Waals surface area contributed by atoms with E-state index in [2.05, 4.69) is 32.1 Å². The van der Waals surface area contributed by atoms with Crippen LogP contribution in [0.5, 0.6) is 11.5 Å². The first-order chi connectivity index (χ1) is 18.6. The number of anilines is 1. The van der Waals surface area contributed by atoms with Gasteiger partial charge in [0.1, 0.15) is 29.3 Å². The molecule has 0 aliphatic carbocycles. The highest BCUT2D eigenvalue weighted by Gasteiger charge is 2.25. The zero-order valence-corrected chi connectivity index (χ0v) is 21.2. The average Bonchev–Trinajstić information content (AvgIpc) is 3.24. The van der Waals surface area contributed by atoms with Gasteiger partial charge in [-0.05, 0) is 62.1 Å². The Morgan fingerprint density at radius 1 is 1.05 bits per heavy atom. The zero-order valence-electron chi connectivity index (χ0n) is 21.2. The van der Waals surface area contributed by atoms with Crippen LogP contribution in [0.15, 0.2) is 67.1 Å². The molecule has 1 aliphatic heterocycles. The molecule has 5 rings (SSSR count). The maximum atomic E-state index is 13.5. The number of H-pyrrole nitrogens is 1. The monoisotopic (exact) mass is 507 g/mol. The number of ether oxygens (including phenoxy) is 1. The molecule has 8 nitrogen and oxygen atoms in total. The number of hydrogen-bond acceptors (Lipinski definition) is 6. The maximum Gasteiger partial charge on any atom is 0.298 e. The van der Waals surface area contributed by atoms with Crippen molar-refractivity contribution in [1.29, 1.82) is 0 Å². The maximum absolute atomic E-state index is 13.5. The van der Waals surface area contributed by atoms with Crippen LogP contribution < -0.4 is 10.1 Å². The van der Waals surface area contributed by atoms with E-state index in [0.29, 0.717) is 46.8 Å². The molecule has 1 aliphatic rings. The van der Waals surface area contributed by atoms with E-state index in [1.165, 1.54) is 6.33 Å². The van der Waals surface area contributed by atoms with E-state index in [4.69, 9.17) is 4.74 Å². The minimum atomic E-state index is -0.148. The SMILES string of the molecule is CC#CC(=O)N1CCCCCC1CNc1ncnc2[nH]cc(C(=O)c3ccc(Oc4ccccc4)cc3)c12. The van der Waals surface area contributed by atoms with Crippen molar-refractivity contribution >= 4 is 28.5 Å². The number of hydrogen-bond donors (Lipinski definition) is 2. The lowest BCUT2D eigenvalue weighted by Gasteiger charge is -2.28. The highest BCUT2D eigenvalue weighted by Crippen LogP contribution is 2.28. The standard InChI is InChI=1S/C30H29N5O3/c1-2-9-26(36)35-17-8-4-5-10-22(35)18-31-29-27-25(19-32-30(27)34-20-33-29)28(37)21-13-15-24(16-14-21)38-23-11-6-3-7-12-23/h3,6-7,11-16,19-20,22H,4-5,8,10,17-18H2,1H3,(H2,31,32,33,34). The van der Waals surface area contributed by atoms with Crippen LogP contribution in [0, 0.1) is 11.8 Å². The number of fused-ring (bicyclic) bond motifs is 1. The summed E-state index contributed by atoms with van der Waals surface area (Å²) in [6, 6.07) is 16.5. The fraction of sp³-hybridized carbons (Fsp3) is 0.267. The van der Waals surface area contributed by atoms with Crippen molar-refractivity contribution in [3.63, 3.8) is 0 Å². The van der Waals surface area contributed by atoms with Gasteiger partial charge in [-0.1, -0.05) is 37.0 Å². The second-order valence-electron chi connectivity index (χ2n) is 9.17. The average molecular weight is 508 g/mol. The molecule has 3 heterocycles. The second kappa shape index (κ2) is 11.6. The Morgan fingerprint density at radius 2 is 1.84 bits per heavy atom. The fourth-order valence-corrected chi connectivity index (χ4v) is 4.78.